The number of nitrogens with zero attached hydrogens (tertiary/aromatic N) is 2. The van der Waals surface area contributed by atoms with E-state index in [0.717, 1.165) is 28.4 Å². The number of carbonyl (C=O) groups excluding carboxylic acids is 2. The number of rotatable bonds is 7. The van der Waals surface area contributed by atoms with Gasteiger partial charge in [-0.2, -0.15) is 5.10 Å². The van der Waals surface area contributed by atoms with Crippen LogP contribution in [0.25, 0.3) is 10.8 Å². The van der Waals surface area contributed by atoms with Crippen LogP contribution >= 0.6 is 11.8 Å². The molecular formula is C20H20N4O2S. The van der Waals surface area contributed by atoms with E-state index in [-0.39, 0.29) is 24.1 Å². The highest BCUT2D eigenvalue weighted by Gasteiger charge is 2.10. The van der Waals surface area contributed by atoms with Crippen molar-refractivity contribution >= 4 is 40.0 Å². The first-order chi connectivity index (χ1) is 13.2. The molecule has 2 N–H and O–H groups in total. The summed E-state index contributed by atoms with van der Waals surface area (Å²) in [5.41, 5.74) is 1.84. The summed E-state index contributed by atoms with van der Waals surface area (Å²) in [6, 6.07) is 15.4. The molecule has 0 fully saturated rings. The number of hydrogen-bond acceptors (Lipinski definition) is 5. The summed E-state index contributed by atoms with van der Waals surface area (Å²) >= 11 is 1.30. The second-order valence-corrected chi connectivity index (χ2v) is 6.83. The van der Waals surface area contributed by atoms with Crippen LogP contribution in [0.2, 0.25) is 0 Å². The van der Waals surface area contributed by atoms with Gasteiger partial charge in [-0.3, -0.25) is 9.59 Å². The molecule has 3 aromatic rings. The Labute approximate surface area is 161 Å². The van der Waals surface area contributed by atoms with Gasteiger partial charge in [0.05, 0.1) is 18.5 Å². The third-order valence-corrected chi connectivity index (χ3v) is 4.98. The standard InChI is InChI=1S/C20H20N4O2S/c1-2-14-7-4-6-10-17(14)23-18(25)12-21-19(26)13-27-20-16-9-5-3-8-15(16)11-22-24-20/h3-11H,2,12-13H2,1H3,(H,21,26)(H,23,25). The second kappa shape index (κ2) is 9.14. The monoisotopic (exact) mass is 380 g/mol. The highest BCUT2D eigenvalue weighted by atomic mass is 32.2. The first-order valence-corrected chi connectivity index (χ1v) is 9.63. The van der Waals surface area contributed by atoms with Crippen LogP contribution in [0.1, 0.15) is 12.5 Å². The zero-order valence-electron chi connectivity index (χ0n) is 14.9. The minimum Gasteiger partial charge on any atom is -0.346 e. The van der Waals surface area contributed by atoms with Crippen molar-refractivity contribution in [3.63, 3.8) is 0 Å². The Hall–Kier alpha value is -2.93. The molecule has 0 bridgehead atoms. The average Bonchev–Trinajstić information content (AvgIpc) is 2.71. The Kier molecular flexibility index (Phi) is 6.38. The smallest absolute Gasteiger partial charge is 0.243 e. The molecule has 7 heteroatoms. The van der Waals surface area contributed by atoms with Crippen LogP contribution in [-0.4, -0.2) is 34.3 Å². The fraction of sp³-hybridized carbons (Fsp3) is 0.200. The number of para-hydroxylation sites is 1. The minimum absolute atomic E-state index is 0.0708. The topological polar surface area (TPSA) is 84.0 Å². The van der Waals surface area contributed by atoms with E-state index in [4.69, 9.17) is 0 Å². The van der Waals surface area contributed by atoms with Gasteiger partial charge in [0.15, 0.2) is 0 Å². The third kappa shape index (κ3) is 5.04. The maximum absolute atomic E-state index is 12.1. The van der Waals surface area contributed by atoms with Gasteiger partial charge in [0.1, 0.15) is 5.03 Å². The van der Waals surface area contributed by atoms with Crippen LogP contribution in [0.3, 0.4) is 0 Å². The maximum Gasteiger partial charge on any atom is 0.243 e. The number of aryl methyl sites for hydroxylation is 1. The second-order valence-electron chi connectivity index (χ2n) is 5.86. The molecule has 0 radical (unpaired) electrons. The van der Waals surface area contributed by atoms with Gasteiger partial charge in [0, 0.05) is 16.5 Å². The lowest BCUT2D eigenvalue weighted by Gasteiger charge is -2.10. The molecule has 6 nitrogen and oxygen atoms in total. The Balaban J connectivity index is 1.50. The van der Waals surface area contributed by atoms with E-state index in [9.17, 15) is 9.59 Å². The molecule has 0 aliphatic carbocycles. The van der Waals surface area contributed by atoms with Crippen molar-refractivity contribution in [1.82, 2.24) is 15.5 Å². The van der Waals surface area contributed by atoms with E-state index in [2.05, 4.69) is 20.8 Å². The third-order valence-electron chi connectivity index (χ3n) is 4.00. The number of thioether (sulfide) groups is 1. The van der Waals surface area contributed by atoms with Gasteiger partial charge in [-0.25, -0.2) is 0 Å². The summed E-state index contributed by atoms with van der Waals surface area (Å²) in [4.78, 5) is 24.2. The average molecular weight is 380 g/mol. The molecule has 3 rings (SSSR count). The number of aromatic nitrogens is 2. The SMILES string of the molecule is CCc1ccccc1NC(=O)CNC(=O)CSc1nncc2ccccc12. The van der Waals surface area contributed by atoms with Crippen LogP contribution in [0.4, 0.5) is 5.69 Å². The number of fused-ring (bicyclic) bond motifs is 1. The number of nitrogens with one attached hydrogen (secondary N) is 2. The molecule has 138 valence electrons. The molecule has 0 aliphatic rings. The first kappa shape index (κ1) is 18.8. The summed E-state index contributed by atoms with van der Waals surface area (Å²) in [5.74, 6) is -0.311. The predicted molar refractivity (Wildman–Crippen MR) is 108 cm³/mol. The minimum atomic E-state index is -0.251. The summed E-state index contributed by atoms with van der Waals surface area (Å²) in [5, 5.41) is 16.2. The number of amides is 2. The van der Waals surface area contributed by atoms with Gasteiger partial charge >= 0.3 is 0 Å². The molecule has 0 saturated carbocycles. The summed E-state index contributed by atoms with van der Waals surface area (Å²) < 4.78 is 0. The molecule has 0 aliphatic heterocycles. The highest BCUT2D eigenvalue weighted by Crippen LogP contribution is 2.24. The molecule has 0 saturated heterocycles. The largest absolute Gasteiger partial charge is 0.346 e. The van der Waals surface area contributed by atoms with E-state index in [1.54, 1.807) is 6.20 Å². The van der Waals surface area contributed by atoms with Gasteiger partial charge in [-0.1, -0.05) is 61.2 Å². The van der Waals surface area contributed by atoms with Crippen LogP contribution in [0.5, 0.6) is 0 Å². The summed E-state index contributed by atoms with van der Waals surface area (Å²) in [6.45, 7) is 1.96. The quantitative estimate of drug-likeness (QED) is 0.616. The fourth-order valence-corrected chi connectivity index (χ4v) is 3.43. The van der Waals surface area contributed by atoms with Crippen molar-refractivity contribution in [2.45, 2.75) is 18.4 Å². The highest BCUT2D eigenvalue weighted by molar-refractivity contribution is 8.00. The predicted octanol–water partition coefficient (Wildman–Crippen LogP) is 3.04. The zero-order chi connectivity index (χ0) is 19.1. The van der Waals surface area contributed by atoms with E-state index < -0.39 is 0 Å². The molecule has 0 spiro atoms. The normalized spacial score (nSPS) is 10.6. The number of carbonyl (C=O) groups is 2. The van der Waals surface area contributed by atoms with Gasteiger partial charge < -0.3 is 10.6 Å². The lowest BCUT2D eigenvalue weighted by Crippen LogP contribution is -2.34. The lowest BCUT2D eigenvalue weighted by molar-refractivity contribution is -0.122. The molecule has 1 heterocycles. The molecule has 0 atom stereocenters. The van der Waals surface area contributed by atoms with Gasteiger partial charge in [-0.05, 0) is 18.1 Å². The zero-order valence-corrected chi connectivity index (χ0v) is 15.8. The van der Waals surface area contributed by atoms with Gasteiger partial charge in [-0.15, -0.1) is 5.10 Å². The van der Waals surface area contributed by atoms with Crippen molar-refractivity contribution in [2.24, 2.45) is 0 Å². The maximum atomic E-state index is 12.1. The Bertz CT molecular complexity index is 956. The number of hydrogen-bond donors (Lipinski definition) is 2. The van der Waals surface area contributed by atoms with Crippen LogP contribution in [0, 0.1) is 0 Å². The van der Waals surface area contributed by atoms with Crippen molar-refractivity contribution in [1.29, 1.82) is 0 Å². The molecule has 2 aromatic carbocycles. The molecule has 0 unspecified atom stereocenters. The molecular weight excluding hydrogens is 360 g/mol. The molecule has 1 aromatic heterocycles. The Morgan fingerprint density at radius 1 is 1.04 bits per heavy atom. The first-order valence-electron chi connectivity index (χ1n) is 8.65. The van der Waals surface area contributed by atoms with Crippen LogP contribution < -0.4 is 10.6 Å². The Morgan fingerprint density at radius 3 is 2.67 bits per heavy atom. The van der Waals surface area contributed by atoms with Crippen molar-refractivity contribution < 1.29 is 9.59 Å². The van der Waals surface area contributed by atoms with Crippen LogP contribution in [0.15, 0.2) is 59.8 Å². The fourth-order valence-electron chi connectivity index (χ4n) is 2.62. The Morgan fingerprint density at radius 2 is 1.81 bits per heavy atom. The molecule has 27 heavy (non-hydrogen) atoms. The summed E-state index contributed by atoms with van der Waals surface area (Å²) in [7, 11) is 0. The van der Waals surface area contributed by atoms with Crippen molar-refractivity contribution in [3.05, 3.63) is 60.3 Å². The van der Waals surface area contributed by atoms with Crippen molar-refractivity contribution in [2.75, 3.05) is 17.6 Å². The van der Waals surface area contributed by atoms with Crippen molar-refractivity contribution in [3.8, 4) is 0 Å². The number of benzene rings is 2. The van der Waals surface area contributed by atoms with Gasteiger partial charge in [0.25, 0.3) is 0 Å². The van der Waals surface area contributed by atoms with E-state index in [1.165, 1.54) is 11.8 Å². The molecule has 2 amide bonds. The van der Waals surface area contributed by atoms with E-state index >= 15 is 0 Å². The summed E-state index contributed by atoms with van der Waals surface area (Å²) in [6.07, 6.45) is 2.52. The lowest BCUT2D eigenvalue weighted by atomic mass is 10.1. The van der Waals surface area contributed by atoms with Gasteiger partial charge in [0.2, 0.25) is 11.8 Å². The van der Waals surface area contributed by atoms with E-state index in [0.29, 0.717) is 5.03 Å². The van der Waals surface area contributed by atoms with E-state index in [1.807, 2.05) is 55.5 Å². The number of anilines is 1. The van der Waals surface area contributed by atoms with Crippen LogP contribution in [-0.2, 0) is 16.0 Å².